The van der Waals surface area contributed by atoms with Crippen LogP contribution in [0.4, 0.5) is 5.69 Å². The van der Waals surface area contributed by atoms with Crippen molar-refractivity contribution < 1.29 is 14.3 Å². The van der Waals surface area contributed by atoms with Crippen LogP contribution in [-0.4, -0.2) is 18.0 Å². The Morgan fingerprint density at radius 1 is 0.871 bits per heavy atom. The number of benzene rings is 3. The summed E-state index contributed by atoms with van der Waals surface area (Å²) in [6.45, 7) is 0.313. The van der Waals surface area contributed by atoms with E-state index in [1.54, 1.807) is 12.1 Å². The Hall–Kier alpha value is -3.64. The van der Waals surface area contributed by atoms with Gasteiger partial charge in [0.05, 0.1) is 6.21 Å². The summed E-state index contributed by atoms with van der Waals surface area (Å²) in [6, 6.07) is 23.9. The molecule has 0 saturated heterocycles. The van der Waals surface area contributed by atoms with E-state index in [0.717, 1.165) is 5.56 Å². The SMILES string of the molecule is O=C(CCC(=O)Nc1ccccc1)NN=Cc1ccccc1OCc1ccccc1Cl. The van der Waals surface area contributed by atoms with E-state index in [4.69, 9.17) is 16.3 Å². The topological polar surface area (TPSA) is 79.8 Å². The quantitative estimate of drug-likeness (QED) is 0.374. The number of anilines is 1. The molecule has 0 atom stereocenters. The van der Waals surface area contributed by atoms with Gasteiger partial charge in [-0.05, 0) is 30.3 Å². The fourth-order valence-electron chi connectivity index (χ4n) is 2.69. The molecule has 158 valence electrons. The lowest BCUT2D eigenvalue weighted by Crippen LogP contribution is -2.20. The van der Waals surface area contributed by atoms with Crippen molar-refractivity contribution in [3.63, 3.8) is 0 Å². The predicted octanol–water partition coefficient (Wildman–Crippen LogP) is 4.79. The number of nitrogens with zero attached hydrogens (tertiary/aromatic N) is 1. The van der Waals surface area contributed by atoms with E-state index in [-0.39, 0.29) is 24.7 Å². The predicted molar refractivity (Wildman–Crippen MR) is 122 cm³/mol. The van der Waals surface area contributed by atoms with E-state index in [9.17, 15) is 9.59 Å². The van der Waals surface area contributed by atoms with Crippen LogP contribution in [0.3, 0.4) is 0 Å². The van der Waals surface area contributed by atoms with Gasteiger partial charge in [-0.2, -0.15) is 5.10 Å². The molecular weight excluding hydrogens is 414 g/mol. The highest BCUT2D eigenvalue weighted by Crippen LogP contribution is 2.20. The molecule has 3 aromatic rings. The van der Waals surface area contributed by atoms with Crippen LogP contribution in [0.1, 0.15) is 24.0 Å². The Balaban J connectivity index is 1.47. The molecule has 2 N–H and O–H groups in total. The van der Waals surface area contributed by atoms with Crippen LogP contribution in [-0.2, 0) is 16.2 Å². The molecule has 0 aromatic heterocycles. The lowest BCUT2D eigenvalue weighted by Gasteiger charge is -2.10. The monoisotopic (exact) mass is 435 g/mol. The average molecular weight is 436 g/mol. The number of amides is 2. The molecule has 7 heteroatoms. The largest absolute Gasteiger partial charge is 0.488 e. The summed E-state index contributed by atoms with van der Waals surface area (Å²) in [4.78, 5) is 23.9. The van der Waals surface area contributed by atoms with Gasteiger partial charge in [-0.25, -0.2) is 5.43 Å². The zero-order valence-electron chi connectivity index (χ0n) is 16.8. The van der Waals surface area contributed by atoms with Crippen molar-refractivity contribution >= 4 is 35.3 Å². The van der Waals surface area contributed by atoms with Gasteiger partial charge in [0.1, 0.15) is 12.4 Å². The van der Waals surface area contributed by atoms with Gasteiger partial charge < -0.3 is 10.1 Å². The van der Waals surface area contributed by atoms with Crippen molar-refractivity contribution in [2.75, 3.05) is 5.32 Å². The van der Waals surface area contributed by atoms with Gasteiger partial charge in [0.25, 0.3) is 0 Å². The number of hydrazone groups is 1. The smallest absolute Gasteiger partial charge is 0.240 e. The molecule has 0 saturated carbocycles. The second-order valence-electron chi connectivity index (χ2n) is 6.63. The van der Waals surface area contributed by atoms with E-state index in [1.807, 2.05) is 66.7 Å². The fourth-order valence-corrected chi connectivity index (χ4v) is 2.88. The molecule has 6 nitrogen and oxygen atoms in total. The maximum absolute atomic E-state index is 12.0. The Kier molecular flexibility index (Phi) is 8.20. The fraction of sp³-hybridized carbons (Fsp3) is 0.125. The molecule has 0 aliphatic heterocycles. The molecule has 31 heavy (non-hydrogen) atoms. The number of carbonyl (C=O) groups is 2. The van der Waals surface area contributed by atoms with E-state index in [1.165, 1.54) is 6.21 Å². The minimum absolute atomic E-state index is 0.0284. The van der Waals surface area contributed by atoms with E-state index >= 15 is 0 Å². The van der Waals surface area contributed by atoms with Crippen LogP contribution < -0.4 is 15.5 Å². The van der Waals surface area contributed by atoms with Crippen LogP contribution in [0.5, 0.6) is 5.75 Å². The number of carbonyl (C=O) groups excluding carboxylic acids is 2. The molecule has 0 fully saturated rings. The van der Waals surface area contributed by atoms with Crippen molar-refractivity contribution in [2.24, 2.45) is 5.10 Å². The maximum atomic E-state index is 12.0. The summed E-state index contributed by atoms with van der Waals surface area (Å²) in [5.74, 6) is 0.0280. The number of hydrogen-bond donors (Lipinski definition) is 2. The number of nitrogens with one attached hydrogen (secondary N) is 2. The number of hydrogen-bond acceptors (Lipinski definition) is 4. The number of para-hydroxylation sites is 2. The van der Waals surface area contributed by atoms with Gasteiger partial charge in [0, 0.05) is 34.7 Å². The van der Waals surface area contributed by atoms with Crippen LogP contribution in [0.2, 0.25) is 5.02 Å². The van der Waals surface area contributed by atoms with Crippen LogP contribution in [0.25, 0.3) is 0 Å². The first-order valence-corrected chi connectivity index (χ1v) is 10.1. The zero-order chi connectivity index (χ0) is 21.9. The molecule has 0 spiro atoms. The summed E-state index contributed by atoms with van der Waals surface area (Å²) in [7, 11) is 0. The minimum Gasteiger partial charge on any atom is -0.488 e. The summed E-state index contributed by atoms with van der Waals surface area (Å²) in [5, 5.41) is 7.35. The Labute approximate surface area is 185 Å². The highest BCUT2D eigenvalue weighted by atomic mass is 35.5. The van der Waals surface area contributed by atoms with Crippen molar-refractivity contribution in [1.82, 2.24) is 5.43 Å². The molecule has 2 amide bonds. The summed E-state index contributed by atoms with van der Waals surface area (Å²) in [5.41, 5.74) is 4.71. The number of halogens is 1. The highest BCUT2D eigenvalue weighted by molar-refractivity contribution is 6.31. The van der Waals surface area contributed by atoms with Gasteiger partial charge >= 0.3 is 0 Å². The molecule has 0 aliphatic carbocycles. The Bertz CT molecular complexity index is 1050. The van der Waals surface area contributed by atoms with Crippen LogP contribution in [0.15, 0.2) is 84.0 Å². The summed E-state index contributed by atoms with van der Waals surface area (Å²) >= 11 is 6.16. The van der Waals surface area contributed by atoms with E-state index in [2.05, 4.69) is 15.8 Å². The average Bonchev–Trinajstić information content (AvgIpc) is 2.79. The molecule has 0 radical (unpaired) electrons. The highest BCUT2D eigenvalue weighted by Gasteiger charge is 2.07. The molecular formula is C24H22ClN3O3. The van der Waals surface area contributed by atoms with Crippen molar-refractivity contribution in [1.29, 1.82) is 0 Å². The Morgan fingerprint density at radius 2 is 1.55 bits per heavy atom. The Morgan fingerprint density at radius 3 is 2.35 bits per heavy atom. The first-order valence-electron chi connectivity index (χ1n) is 9.74. The van der Waals surface area contributed by atoms with Gasteiger partial charge in [-0.3, -0.25) is 9.59 Å². The normalized spacial score (nSPS) is 10.6. The minimum atomic E-state index is -0.353. The third-order valence-electron chi connectivity index (χ3n) is 4.29. The third-order valence-corrected chi connectivity index (χ3v) is 4.66. The van der Waals surface area contributed by atoms with Gasteiger partial charge in [-0.1, -0.05) is 60.1 Å². The lowest BCUT2D eigenvalue weighted by atomic mass is 10.2. The second-order valence-corrected chi connectivity index (χ2v) is 7.03. The molecule has 0 bridgehead atoms. The van der Waals surface area contributed by atoms with Gasteiger partial charge in [0.15, 0.2) is 0 Å². The summed E-state index contributed by atoms with van der Waals surface area (Å²) in [6.07, 6.45) is 1.60. The lowest BCUT2D eigenvalue weighted by molar-refractivity contribution is -0.124. The zero-order valence-corrected chi connectivity index (χ0v) is 17.5. The second kappa shape index (κ2) is 11.5. The van der Waals surface area contributed by atoms with Gasteiger partial charge in [0.2, 0.25) is 11.8 Å². The molecule has 0 unspecified atom stereocenters. The van der Waals surface area contributed by atoms with Crippen LogP contribution >= 0.6 is 11.6 Å². The molecule has 3 aromatic carbocycles. The molecule has 0 aliphatic rings. The number of rotatable bonds is 9. The maximum Gasteiger partial charge on any atom is 0.240 e. The molecule has 0 heterocycles. The van der Waals surface area contributed by atoms with E-state index < -0.39 is 0 Å². The van der Waals surface area contributed by atoms with Crippen molar-refractivity contribution in [2.45, 2.75) is 19.4 Å². The first-order chi connectivity index (χ1) is 15.1. The summed E-state index contributed by atoms with van der Waals surface area (Å²) < 4.78 is 5.86. The number of ether oxygens (including phenoxy) is 1. The molecule has 3 rings (SSSR count). The standard InChI is InChI=1S/C24H22ClN3O3/c25-21-12-6-4-9-19(21)17-31-22-13-7-5-8-18(22)16-26-28-24(30)15-14-23(29)27-20-10-2-1-3-11-20/h1-13,16H,14-15,17H2,(H,27,29)(H,28,30). The van der Waals surface area contributed by atoms with Crippen molar-refractivity contribution in [3.8, 4) is 5.75 Å². The van der Waals surface area contributed by atoms with Gasteiger partial charge in [-0.15, -0.1) is 0 Å². The van der Waals surface area contributed by atoms with Crippen molar-refractivity contribution in [3.05, 3.63) is 95.0 Å². The third kappa shape index (κ3) is 7.28. The first kappa shape index (κ1) is 22.1. The van der Waals surface area contributed by atoms with E-state index in [0.29, 0.717) is 28.6 Å². The van der Waals surface area contributed by atoms with Crippen LogP contribution in [0, 0.1) is 0 Å².